The molecule has 12 heavy (non-hydrogen) atoms. The van der Waals surface area contributed by atoms with E-state index in [2.05, 4.69) is 32.3 Å². The summed E-state index contributed by atoms with van der Waals surface area (Å²) < 4.78 is 0. The molecule has 1 N–H and O–H groups in total. The van der Waals surface area contributed by atoms with Crippen LogP contribution < -0.4 is 5.32 Å². The lowest BCUT2D eigenvalue weighted by atomic mass is 10.2. The molecule has 1 nitrogen and oxygen atoms in total. The smallest absolute Gasteiger partial charge is 0.0352 e. The summed E-state index contributed by atoms with van der Waals surface area (Å²) in [4.78, 5) is 0. The summed E-state index contributed by atoms with van der Waals surface area (Å²) >= 11 is 0. The number of unbranched alkanes of at least 4 members (excludes halogenated alkanes) is 1. The molecule has 0 aromatic carbocycles. The van der Waals surface area contributed by atoms with E-state index >= 15 is 0 Å². The molecule has 0 radical (unpaired) electrons. The van der Waals surface area contributed by atoms with Crippen molar-refractivity contribution in [3.05, 3.63) is 0 Å². The van der Waals surface area contributed by atoms with Gasteiger partial charge in [-0.05, 0) is 18.6 Å². The van der Waals surface area contributed by atoms with E-state index < -0.39 is 8.80 Å². The SMILES string of the molecule is CCCCC(CNCC)[SiH](C)C. The molecule has 74 valence electrons. The van der Waals surface area contributed by atoms with Crippen LogP contribution in [0.2, 0.25) is 18.6 Å². The monoisotopic (exact) mass is 187 g/mol. The molecular formula is C10H25NSi. The van der Waals surface area contributed by atoms with Gasteiger partial charge in [0.1, 0.15) is 0 Å². The minimum absolute atomic E-state index is 0.411. The molecule has 0 heterocycles. The molecule has 0 aliphatic heterocycles. The van der Waals surface area contributed by atoms with Gasteiger partial charge in [-0.2, -0.15) is 0 Å². The number of hydrogen-bond donors (Lipinski definition) is 1. The summed E-state index contributed by atoms with van der Waals surface area (Å²) in [6.07, 6.45) is 4.22. The molecule has 0 aliphatic rings. The second-order valence-corrected chi connectivity index (χ2v) is 7.38. The Kier molecular flexibility index (Phi) is 7.92. The normalized spacial score (nSPS) is 13.8. The predicted molar refractivity (Wildman–Crippen MR) is 60.7 cm³/mol. The summed E-state index contributed by atoms with van der Waals surface area (Å²) in [6, 6.07) is 0. The zero-order chi connectivity index (χ0) is 9.40. The summed E-state index contributed by atoms with van der Waals surface area (Å²) in [6.45, 7) is 11.8. The first-order valence-corrected chi connectivity index (χ1v) is 8.40. The van der Waals surface area contributed by atoms with E-state index in [1.165, 1.54) is 25.8 Å². The molecule has 0 bridgehead atoms. The Hall–Kier alpha value is 0.177. The van der Waals surface area contributed by atoms with Gasteiger partial charge in [0.05, 0.1) is 0 Å². The quantitative estimate of drug-likeness (QED) is 0.604. The maximum Gasteiger partial charge on any atom is 0.0352 e. The lowest BCUT2D eigenvalue weighted by Crippen LogP contribution is -2.26. The van der Waals surface area contributed by atoms with Crippen molar-refractivity contribution in [3.63, 3.8) is 0 Å². The van der Waals surface area contributed by atoms with Gasteiger partial charge in [-0.25, -0.2) is 0 Å². The van der Waals surface area contributed by atoms with Gasteiger partial charge in [0.25, 0.3) is 0 Å². The zero-order valence-corrected chi connectivity index (χ0v) is 10.3. The van der Waals surface area contributed by atoms with Crippen molar-refractivity contribution in [1.29, 1.82) is 0 Å². The second-order valence-electron chi connectivity index (χ2n) is 3.95. The molecule has 0 aromatic heterocycles. The minimum Gasteiger partial charge on any atom is -0.317 e. The molecule has 0 aromatic rings. The highest BCUT2D eigenvalue weighted by atomic mass is 28.3. The van der Waals surface area contributed by atoms with Crippen LogP contribution in [0.4, 0.5) is 0 Å². The molecule has 1 atom stereocenters. The molecule has 0 spiro atoms. The molecule has 0 saturated heterocycles. The summed E-state index contributed by atoms with van der Waals surface area (Å²) in [5.41, 5.74) is 1.02. The topological polar surface area (TPSA) is 12.0 Å². The van der Waals surface area contributed by atoms with Gasteiger partial charge in [0, 0.05) is 8.80 Å². The molecular weight excluding hydrogens is 162 g/mol. The van der Waals surface area contributed by atoms with E-state index in [0.717, 1.165) is 12.1 Å². The molecule has 0 fully saturated rings. The third-order valence-electron chi connectivity index (χ3n) is 2.53. The van der Waals surface area contributed by atoms with Crippen LogP contribution in [0, 0.1) is 0 Å². The highest BCUT2D eigenvalue weighted by Crippen LogP contribution is 2.17. The fraction of sp³-hybridized carbons (Fsp3) is 1.00. The van der Waals surface area contributed by atoms with Crippen molar-refractivity contribution in [3.8, 4) is 0 Å². The Morgan fingerprint density at radius 1 is 1.25 bits per heavy atom. The minimum atomic E-state index is -0.411. The number of hydrogen-bond acceptors (Lipinski definition) is 1. The van der Waals surface area contributed by atoms with Gasteiger partial charge >= 0.3 is 0 Å². The van der Waals surface area contributed by atoms with Crippen LogP contribution >= 0.6 is 0 Å². The first-order chi connectivity index (χ1) is 5.72. The largest absolute Gasteiger partial charge is 0.317 e. The van der Waals surface area contributed by atoms with Crippen molar-refractivity contribution in [1.82, 2.24) is 5.32 Å². The number of rotatable bonds is 7. The summed E-state index contributed by atoms with van der Waals surface area (Å²) in [5, 5.41) is 3.47. The van der Waals surface area contributed by atoms with Crippen molar-refractivity contribution >= 4 is 8.80 Å². The van der Waals surface area contributed by atoms with Crippen LogP contribution in [-0.4, -0.2) is 21.9 Å². The van der Waals surface area contributed by atoms with E-state index in [4.69, 9.17) is 0 Å². The highest BCUT2D eigenvalue weighted by Gasteiger charge is 2.12. The first-order valence-electron chi connectivity index (χ1n) is 5.43. The standard InChI is InChI=1S/C10H25NSi/c1-5-7-8-10(12(3)4)9-11-6-2/h10-12H,5-9H2,1-4H3. The molecule has 1 unspecified atom stereocenters. The Balaban J connectivity index is 3.55. The third-order valence-corrected chi connectivity index (χ3v) is 4.98. The van der Waals surface area contributed by atoms with Crippen molar-refractivity contribution in [2.75, 3.05) is 13.1 Å². The van der Waals surface area contributed by atoms with Crippen molar-refractivity contribution in [2.24, 2.45) is 0 Å². The summed E-state index contributed by atoms with van der Waals surface area (Å²) in [5.74, 6) is 0. The fourth-order valence-corrected chi connectivity index (χ4v) is 3.01. The lowest BCUT2D eigenvalue weighted by Gasteiger charge is -2.19. The van der Waals surface area contributed by atoms with Crippen LogP contribution in [0.25, 0.3) is 0 Å². The molecule has 0 rings (SSSR count). The first kappa shape index (κ1) is 12.2. The maximum atomic E-state index is 3.47. The van der Waals surface area contributed by atoms with Crippen molar-refractivity contribution < 1.29 is 0 Å². The second kappa shape index (κ2) is 7.81. The van der Waals surface area contributed by atoms with Gasteiger partial charge < -0.3 is 5.32 Å². The molecule has 0 aliphatic carbocycles. The van der Waals surface area contributed by atoms with Gasteiger partial charge in [0.15, 0.2) is 0 Å². The van der Waals surface area contributed by atoms with Crippen LogP contribution in [0.15, 0.2) is 0 Å². The fourth-order valence-electron chi connectivity index (χ4n) is 1.47. The van der Waals surface area contributed by atoms with E-state index in [9.17, 15) is 0 Å². The Bertz CT molecular complexity index is 85.8. The molecule has 0 saturated carbocycles. The van der Waals surface area contributed by atoms with E-state index in [1.807, 2.05) is 0 Å². The number of nitrogens with one attached hydrogen (secondary N) is 1. The van der Waals surface area contributed by atoms with Crippen LogP contribution in [-0.2, 0) is 0 Å². The van der Waals surface area contributed by atoms with Gasteiger partial charge in [-0.3, -0.25) is 0 Å². The van der Waals surface area contributed by atoms with Gasteiger partial charge in [0.2, 0.25) is 0 Å². The average Bonchev–Trinajstić information content (AvgIpc) is 2.04. The van der Waals surface area contributed by atoms with Crippen molar-refractivity contribution in [2.45, 2.75) is 51.7 Å². The van der Waals surface area contributed by atoms with Crippen LogP contribution in [0.3, 0.4) is 0 Å². The molecule has 0 amide bonds. The summed E-state index contributed by atoms with van der Waals surface area (Å²) in [7, 11) is -0.411. The van der Waals surface area contributed by atoms with E-state index in [-0.39, 0.29) is 0 Å². The lowest BCUT2D eigenvalue weighted by molar-refractivity contribution is 0.602. The van der Waals surface area contributed by atoms with Gasteiger partial charge in [-0.15, -0.1) is 0 Å². The van der Waals surface area contributed by atoms with Gasteiger partial charge in [-0.1, -0.05) is 46.2 Å². The van der Waals surface area contributed by atoms with E-state index in [0.29, 0.717) is 0 Å². The Morgan fingerprint density at radius 2 is 1.92 bits per heavy atom. The highest BCUT2D eigenvalue weighted by molar-refractivity contribution is 6.57. The van der Waals surface area contributed by atoms with Crippen LogP contribution in [0.1, 0.15) is 33.1 Å². The molecule has 2 heteroatoms. The zero-order valence-electron chi connectivity index (χ0n) is 9.19. The average molecular weight is 187 g/mol. The van der Waals surface area contributed by atoms with E-state index in [1.54, 1.807) is 0 Å². The predicted octanol–water partition coefficient (Wildman–Crippen LogP) is 2.64. The third kappa shape index (κ3) is 5.78. The Labute approximate surface area is 79.6 Å². The van der Waals surface area contributed by atoms with Crippen LogP contribution in [0.5, 0.6) is 0 Å². The Morgan fingerprint density at radius 3 is 2.33 bits per heavy atom. The maximum absolute atomic E-state index is 3.47.